The van der Waals surface area contributed by atoms with Crippen molar-refractivity contribution >= 4 is 16.9 Å². The quantitative estimate of drug-likeness (QED) is 0.425. The Morgan fingerprint density at radius 2 is 1.69 bits per heavy atom. The number of rotatable bonds is 8. The number of aromatic nitrogens is 1. The highest BCUT2D eigenvalue weighted by Crippen LogP contribution is 2.32. The Morgan fingerprint density at radius 3 is 2.31 bits per heavy atom. The van der Waals surface area contributed by atoms with Crippen molar-refractivity contribution in [3.05, 3.63) is 88.6 Å². The Kier molecular flexibility index (Phi) is 8.34. The predicted octanol–water partition coefficient (Wildman–Crippen LogP) is 4.85. The van der Waals surface area contributed by atoms with Crippen LogP contribution in [-0.2, 0) is 35.0 Å². The average Bonchev–Trinajstić information content (AvgIpc) is 2.80. The molecule has 0 spiro atoms. The highest BCUT2D eigenvalue weighted by molar-refractivity contribution is 7.82. The van der Waals surface area contributed by atoms with E-state index in [0.29, 0.717) is 5.56 Å². The summed E-state index contributed by atoms with van der Waals surface area (Å²) in [6.45, 7) is 1.38. The fourth-order valence-electron chi connectivity index (χ4n) is 3.32. The van der Waals surface area contributed by atoms with E-state index in [-0.39, 0.29) is 35.5 Å². The number of alkyl halides is 3. The van der Waals surface area contributed by atoms with Gasteiger partial charge in [0.2, 0.25) is 5.91 Å². The van der Waals surface area contributed by atoms with Gasteiger partial charge < -0.3 is 5.32 Å². The maximum atomic E-state index is 14.4. The highest BCUT2D eigenvalue weighted by Gasteiger charge is 2.33. The summed E-state index contributed by atoms with van der Waals surface area (Å²) in [6.07, 6.45) is -3.31. The number of hydrogen-bond donors (Lipinski definition) is 2. The molecule has 0 saturated heterocycles. The molecule has 1 heterocycles. The molecule has 2 atom stereocenters. The Labute approximate surface area is 201 Å². The van der Waals surface area contributed by atoms with Crippen molar-refractivity contribution in [2.24, 2.45) is 0 Å². The Morgan fingerprint density at radius 1 is 1.00 bits per heavy atom. The zero-order valence-corrected chi connectivity index (χ0v) is 19.6. The van der Waals surface area contributed by atoms with Gasteiger partial charge in [0.15, 0.2) is 0 Å². The van der Waals surface area contributed by atoms with Crippen LogP contribution in [0.4, 0.5) is 22.0 Å². The molecule has 0 fully saturated rings. The van der Waals surface area contributed by atoms with Crippen molar-refractivity contribution in [2.75, 3.05) is 6.26 Å². The van der Waals surface area contributed by atoms with Gasteiger partial charge in [0, 0.05) is 30.5 Å². The van der Waals surface area contributed by atoms with Crippen LogP contribution in [0.1, 0.15) is 35.2 Å². The number of amides is 1. The minimum Gasteiger partial charge on any atom is -0.351 e. The van der Waals surface area contributed by atoms with E-state index < -0.39 is 46.3 Å². The van der Waals surface area contributed by atoms with Crippen LogP contribution < -0.4 is 10.0 Å². The summed E-state index contributed by atoms with van der Waals surface area (Å²) in [6, 6.07) is 11.4. The van der Waals surface area contributed by atoms with Gasteiger partial charge >= 0.3 is 6.18 Å². The van der Waals surface area contributed by atoms with Gasteiger partial charge in [0.05, 0.1) is 22.6 Å². The van der Waals surface area contributed by atoms with Crippen molar-refractivity contribution in [3.63, 3.8) is 0 Å². The second-order valence-electron chi connectivity index (χ2n) is 7.75. The minimum absolute atomic E-state index is 0.0511. The summed E-state index contributed by atoms with van der Waals surface area (Å²) in [5.74, 6) is -2.62. The molecule has 1 aromatic heterocycles. The van der Waals surface area contributed by atoms with Gasteiger partial charge in [-0.15, -0.1) is 0 Å². The summed E-state index contributed by atoms with van der Waals surface area (Å²) < 4.78 is 82.0. The van der Waals surface area contributed by atoms with Gasteiger partial charge in [-0.2, -0.15) is 13.2 Å². The maximum Gasteiger partial charge on any atom is 0.433 e. The molecule has 1 amide bonds. The molecular weight excluding hydrogens is 489 g/mol. The molecule has 5 nitrogen and oxygen atoms in total. The first-order valence-corrected chi connectivity index (χ1v) is 12.0. The molecule has 0 aliphatic heterocycles. The lowest BCUT2D eigenvalue weighted by Crippen LogP contribution is -2.28. The number of carbonyl (C=O) groups excluding carboxylic acids is 1. The third-order valence-corrected chi connectivity index (χ3v) is 5.84. The van der Waals surface area contributed by atoms with Crippen LogP contribution in [0, 0.1) is 11.6 Å². The van der Waals surface area contributed by atoms with Crippen LogP contribution in [0.2, 0.25) is 0 Å². The van der Waals surface area contributed by atoms with Gasteiger partial charge in [-0.3, -0.25) is 4.79 Å². The largest absolute Gasteiger partial charge is 0.433 e. The van der Waals surface area contributed by atoms with Crippen molar-refractivity contribution in [2.45, 2.75) is 32.1 Å². The van der Waals surface area contributed by atoms with Crippen LogP contribution >= 0.6 is 0 Å². The molecular formula is C24H22F5N3O2S. The molecule has 3 aromatic rings. The molecule has 11 heteroatoms. The highest BCUT2D eigenvalue weighted by atomic mass is 32.2. The van der Waals surface area contributed by atoms with E-state index in [1.807, 2.05) is 0 Å². The third kappa shape index (κ3) is 6.70. The second kappa shape index (κ2) is 11.0. The topological polar surface area (TPSA) is 71.1 Å². The van der Waals surface area contributed by atoms with E-state index >= 15 is 0 Å². The van der Waals surface area contributed by atoms with Crippen molar-refractivity contribution in [1.82, 2.24) is 15.0 Å². The monoisotopic (exact) mass is 511 g/mol. The maximum absolute atomic E-state index is 14.4. The van der Waals surface area contributed by atoms with Gasteiger partial charge in [-0.1, -0.05) is 30.3 Å². The molecule has 2 N–H and O–H groups in total. The van der Waals surface area contributed by atoms with E-state index in [4.69, 9.17) is 0 Å². The molecule has 0 saturated carbocycles. The summed E-state index contributed by atoms with van der Waals surface area (Å²) >= 11 is 0. The zero-order valence-electron chi connectivity index (χ0n) is 18.7. The van der Waals surface area contributed by atoms with Crippen LogP contribution in [0.25, 0.3) is 11.3 Å². The van der Waals surface area contributed by atoms with Crippen molar-refractivity contribution in [1.29, 1.82) is 0 Å². The number of carbonyl (C=O) groups is 1. The van der Waals surface area contributed by atoms with E-state index in [1.54, 1.807) is 13.0 Å². The molecule has 0 bridgehead atoms. The van der Waals surface area contributed by atoms with Gasteiger partial charge in [-0.25, -0.2) is 22.7 Å². The van der Waals surface area contributed by atoms with E-state index in [9.17, 15) is 31.0 Å². The minimum atomic E-state index is -4.73. The SMILES string of the molecule is CC(C(=O)NCc1ccc(C(F)(F)F)nc1-c1ccccc1F)c1ccc(CNS(C)=O)c(F)c1. The fraction of sp³-hybridized carbons (Fsp3) is 0.250. The summed E-state index contributed by atoms with van der Waals surface area (Å²) in [5.41, 5.74) is -0.708. The fourth-order valence-corrected chi connectivity index (χ4v) is 3.68. The van der Waals surface area contributed by atoms with Gasteiger partial charge in [0.25, 0.3) is 0 Å². The van der Waals surface area contributed by atoms with Crippen molar-refractivity contribution in [3.8, 4) is 11.3 Å². The van der Waals surface area contributed by atoms with E-state index in [2.05, 4.69) is 15.0 Å². The van der Waals surface area contributed by atoms with E-state index in [1.165, 1.54) is 36.6 Å². The second-order valence-corrected chi connectivity index (χ2v) is 8.94. The predicted molar refractivity (Wildman–Crippen MR) is 122 cm³/mol. The number of benzene rings is 2. The number of nitrogens with zero attached hydrogens (tertiary/aromatic N) is 1. The Hall–Kier alpha value is -3.18. The molecule has 0 radical (unpaired) electrons. The molecule has 2 aromatic carbocycles. The molecule has 0 aliphatic rings. The van der Waals surface area contributed by atoms with Crippen LogP contribution in [0.5, 0.6) is 0 Å². The first kappa shape index (κ1) is 26.4. The van der Waals surface area contributed by atoms with Gasteiger partial charge in [-0.05, 0) is 42.3 Å². The molecule has 0 aliphatic carbocycles. The lowest BCUT2D eigenvalue weighted by atomic mass is 9.98. The lowest BCUT2D eigenvalue weighted by Gasteiger charge is -2.16. The number of pyridine rings is 1. The molecule has 3 rings (SSSR count). The third-order valence-electron chi connectivity index (χ3n) is 5.29. The van der Waals surface area contributed by atoms with E-state index in [0.717, 1.165) is 18.2 Å². The first-order chi connectivity index (χ1) is 16.5. The summed E-state index contributed by atoms with van der Waals surface area (Å²) in [5, 5.41) is 2.60. The molecule has 35 heavy (non-hydrogen) atoms. The van der Waals surface area contributed by atoms with Crippen LogP contribution in [-0.4, -0.2) is 21.4 Å². The molecule has 2 unspecified atom stereocenters. The van der Waals surface area contributed by atoms with Crippen molar-refractivity contribution < 1.29 is 31.0 Å². The van der Waals surface area contributed by atoms with Gasteiger partial charge in [0.1, 0.15) is 17.3 Å². The lowest BCUT2D eigenvalue weighted by molar-refractivity contribution is -0.141. The molecule has 186 valence electrons. The van der Waals surface area contributed by atoms with Crippen LogP contribution in [0.15, 0.2) is 54.6 Å². The Balaban J connectivity index is 1.80. The number of hydrogen-bond acceptors (Lipinski definition) is 3. The zero-order chi connectivity index (χ0) is 25.8. The Bertz CT molecular complexity index is 1250. The normalized spacial score (nSPS) is 13.3. The first-order valence-electron chi connectivity index (χ1n) is 10.4. The standard InChI is InChI=1S/C24H22F5N3O2S/c1-14(15-7-8-16(20(26)11-15)13-31-35(2)34)23(33)30-12-17-9-10-21(24(27,28)29)32-22(17)18-5-3-4-6-19(18)25/h3-11,14,31H,12-13H2,1-2H3,(H,30,33). The summed E-state index contributed by atoms with van der Waals surface area (Å²) in [7, 11) is -1.31. The average molecular weight is 512 g/mol. The smallest absolute Gasteiger partial charge is 0.351 e. The summed E-state index contributed by atoms with van der Waals surface area (Å²) in [4.78, 5) is 16.3. The number of halogens is 5. The van der Waals surface area contributed by atoms with Crippen LogP contribution in [0.3, 0.4) is 0 Å². The number of nitrogens with one attached hydrogen (secondary N) is 2.